The molecule has 3 rings (SSSR count). The Kier molecular flexibility index (Phi) is 3.46. The fourth-order valence-corrected chi connectivity index (χ4v) is 3.78. The predicted molar refractivity (Wildman–Crippen MR) is 87.9 cm³/mol. The van der Waals surface area contributed by atoms with Crippen molar-refractivity contribution < 1.29 is 14.4 Å². The molecule has 0 aromatic heterocycles. The molecule has 2 heterocycles. The van der Waals surface area contributed by atoms with Gasteiger partial charge < -0.3 is 5.32 Å². The third-order valence-electron chi connectivity index (χ3n) is 3.04. The third-order valence-corrected chi connectivity index (χ3v) is 4.87. The highest BCUT2D eigenvalue weighted by Gasteiger charge is 2.40. The molecule has 106 valence electrons. The SMILES string of the molecule is CC(=O)N1C(=O)C(=C2SC(=O)NC2=S)c2cc(Br)ccc21. The molecule has 0 radical (unpaired) electrons. The van der Waals surface area contributed by atoms with E-state index in [4.69, 9.17) is 12.2 Å². The Morgan fingerprint density at radius 1 is 1.38 bits per heavy atom. The van der Waals surface area contributed by atoms with Gasteiger partial charge in [0, 0.05) is 17.0 Å². The number of rotatable bonds is 0. The molecule has 1 fully saturated rings. The number of imide groups is 1. The molecule has 0 atom stereocenters. The van der Waals surface area contributed by atoms with E-state index in [-0.39, 0.29) is 21.7 Å². The number of halogens is 1. The van der Waals surface area contributed by atoms with Crippen LogP contribution in [0.25, 0.3) is 5.57 Å². The van der Waals surface area contributed by atoms with Crippen molar-refractivity contribution in [1.29, 1.82) is 0 Å². The maximum Gasteiger partial charge on any atom is 0.289 e. The number of fused-ring (bicyclic) bond motifs is 1. The minimum atomic E-state index is -0.461. The van der Waals surface area contributed by atoms with Crippen molar-refractivity contribution in [1.82, 2.24) is 5.32 Å². The summed E-state index contributed by atoms with van der Waals surface area (Å²) in [5.41, 5.74) is 1.38. The molecule has 5 nitrogen and oxygen atoms in total. The molecule has 1 N–H and O–H groups in total. The summed E-state index contributed by atoms with van der Waals surface area (Å²) in [4.78, 5) is 37.5. The maximum atomic E-state index is 12.6. The van der Waals surface area contributed by atoms with Crippen LogP contribution in [-0.4, -0.2) is 22.0 Å². The van der Waals surface area contributed by atoms with Gasteiger partial charge in [-0.15, -0.1) is 0 Å². The van der Waals surface area contributed by atoms with Crippen LogP contribution in [0.4, 0.5) is 10.5 Å². The number of thioether (sulfide) groups is 1. The summed E-state index contributed by atoms with van der Waals surface area (Å²) in [7, 11) is 0. The molecule has 2 aliphatic heterocycles. The van der Waals surface area contributed by atoms with E-state index >= 15 is 0 Å². The molecule has 0 saturated carbocycles. The topological polar surface area (TPSA) is 66.5 Å². The number of nitrogens with one attached hydrogen (secondary N) is 1. The van der Waals surface area contributed by atoms with E-state index in [1.165, 1.54) is 6.92 Å². The van der Waals surface area contributed by atoms with E-state index in [0.29, 0.717) is 16.2 Å². The van der Waals surface area contributed by atoms with Crippen LogP contribution < -0.4 is 10.2 Å². The Morgan fingerprint density at radius 2 is 2.10 bits per heavy atom. The first-order valence-corrected chi connectivity index (χ1v) is 7.84. The van der Waals surface area contributed by atoms with Crippen LogP contribution in [0.2, 0.25) is 0 Å². The summed E-state index contributed by atoms with van der Waals surface area (Å²) in [6, 6.07) is 5.17. The second-order valence-electron chi connectivity index (χ2n) is 4.37. The lowest BCUT2D eigenvalue weighted by Crippen LogP contribution is -2.31. The zero-order chi connectivity index (χ0) is 15.3. The van der Waals surface area contributed by atoms with Crippen LogP contribution in [0, 0.1) is 0 Å². The Balaban J connectivity index is 2.29. The second kappa shape index (κ2) is 5.04. The van der Waals surface area contributed by atoms with Gasteiger partial charge in [0.25, 0.3) is 11.1 Å². The summed E-state index contributed by atoms with van der Waals surface area (Å²) >= 11 is 9.31. The Labute approximate surface area is 137 Å². The molecule has 0 unspecified atom stereocenters. The number of anilines is 1. The van der Waals surface area contributed by atoms with Crippen molar-refractivity contribution in [3.05, 3.63) is 33.1 Å². The third kappa shape index (κ3) is 2.23. The first-order chi connectivity index (χ1) is 9.90. The quantitative estimate of drug-likeness (QED) is 0.551. The van der Waals surface area contributed by atoms with Crippen molar-refractivity contribution in [2.45, 2.75) is 6.92 Å². The molecule has 1 aromatic rings. The highest BCUT2D eigenvalue weighted by Crippen LogP contribution is 2.43. The van der Waals surface area contributed by atoms with Crippen molar-refractivity contribution in [2.24, 2.45) is 0 Å². The molecule has 1 saturated heterocycles. The van der Waals surface area contributed by atoms with Gasteiger partial charge in [-0.1, -0.05) is 28.1 Å². The number of hydrogen-bond acceptors (Lipinski definition) is 5. The fraction of sp³-hybridized carbons (Fsp3) is 0.0769. The van der Waals surface area contributed by atoms with Crippen LogP contribution in [0.5, 0.6) is 0 Å². The summed E-state index contributed by atoms with van der Waals surface area (Å²) < 4.78 is 0.769. The molecule has 3 amide bonds. The zero-order valence-electron chi connectivity index (χ0n) is 10.6. The van der Waals surface area contributed by atoms with E-state index < -0.39 is 5.91 Å². The summed E-state index contributed by atoms with van der Waals surface area (Å²) in [6.45, 7) is 1.32. The Hall–Kier alpha value is -1.51. The van der Waals surface area contributed by atoms with Gasteiger partial charge in [-0.05, 0) is 30.0 Å². The molecule has 21 heavy (non-hydrogen) atoms. The highest BCUT2D eigenvalue weighted by molar-refractivity contribution is 9.10. The molecule has 0 aliphatic carbocycles. The van der Waals surface area contributed by atoms with Crippen LogP contribution in [0.1, 0.15) is 12.5 Å². The van der Waals surface area contributed by atoms with Crippen molar-refractivity contribution >= 4 is 73.2 Å². The lowest BCUT2D eigenvalue weighted by atomic mass is 10.1. The van der Waals surface area contributed by atoms with E-state index in [9.17, 15) is 14.4 Å². The number of nitrogens with zero attached hydrogens (tertiary/aromatic N) is 1. The summed E-state index contributed by atoms with van der Waals surface area (Å²) in [5.74, 6) is -0.843. The normalized spacial score (nSPS) is 20.9. The van der Waals surface area contributed by atoms with E-state index in [1.807, 2.05) is 0 Å². The van der Waals surface area contributed by atoms with Crippen molar-refractivity contribution in [3.63, 3.8) is 0 Å². The van der Waals surface area contributed by atoms with Gasteiger partial charge in [-0.25, -0.2) is 4.90 Å². The minimum Gasteiger partial charge on any atom is -0.306 e. The number of carbonyl (C=O) groups is 3. The van der Waals surface area contributed by atoms with Crippen molar-refractivity contribution in [3.8, 4) is 0 Å². The summed E-state index contributed by atoms with van der Waals surface area (Å²) in [6.07, 6.45) is 0. The minimum absolute atomic E-state index is 0.213. The van der Waals surface area contributed by atoms with Crippen LogP contribution in [0.3, 0.4) is 0 Å². The fourth-order valence-electron chi connectivity index (χ4n) is 2.25. The molecule has 0 bridgehead atoms. The first-order valence-electron chi connectivity index (χ1n) is 5.82. The average Bonchev–Trinajstić information content (AvgIpc) is 2.85. The number of benzene rings is 1. The second-order valence-corrected chi connectivity index (χ2v) is 6.68. The van der Waals surface area contributed by atoms with Crippen LogP contribution >= 0.6 is 39.9 Å². The standard InChI is InChI=1S/C13H7BrN2O3S2/c1-5(17)16-8-3-2-6(14)4-7(8)9(12(16)18)10-11(20)15-13(19)21-10/h2-4H,1H3,(H,15,19,20). The molecular formula is C13H7BrN2O3S2. The molecule has 0 spiro atoms. The van der Waals surface area contributed by atoms with Gasteiger partial charge in [-0.3, -0.25) is 14.4 Å². The lowest BCUT2D eigenvalue weighted by Gasteiger charge is -2.11. The number of thiocarbonyl (C=S) groups is 1. The number of amides is 3. The molecule has 8 heteroatoms. The van der Waals surface area contributed by atoms with Gasteiger partial charge in [0.15, 0.2) is 0 Å². The van der Waals surface area contributed by atoms with Gasteiger partial charge in [-0.2, -0.15) is 0 Å². The van der Waals surface area contributed by atoms with Gasteiger partial charge in [0.05, 0.1) is 16.2 Å². The molecular weight excluding hydrogens is 376 g/mol. The highest BCUT2D eigenvalue weighted by atomic mass is 79.9. The van der Waals surface area contributed by atoms with E-state index in [1.54, 1.807) is 18.2 Å². The molecule has 1 aromatic carbocycles. The molecule has 2 aliphatic rings. The zero-order valence-corrected chi connectivity index (χ0v) is 13.8. The van der Waals surface area contributed by atoms with Crippen molar-refractivity contribution in [2.75, 3.05) is 4.90 Å². The Morgan fingerprint density at radius 3 is 2.67 bits per heavy atom. The number of hydrogen-bond donors (Lipinski definition) is 1. The Bertz CT molecular complexity index is 773. The number of carbonyl (C=O) groups excluding carboxylic acids is 3. The maximum absolute atomic E-state index is 12.6. The largest absolute Gasteiger partial charge is 0.306 e. The predicted octanol–water partition coefficient (Wildman–Crippen LogP) is 2.84. The smallest absolute Gasteiger partial charge is 0.289 e. The van der Waals surface area contributed by atoms with Gasteiger partial charge in [0.1, 0.15) is 4.99 Å². The lowest BCUT2D eigenvalue weighted by molar-refractivity contribution is -0.122. The van der Waals surface area contributed by atoms with E-state index in [2.05, 4.69) is 21.2 Å². The van der Waals surface area contributed by atoms with Crippen LogP contribution in [-0.2, 0) is 9.59 Å². The van der Waals surface area contributed by atoms with Gasteiger partial charge in [0.2, 0.25) is 5.91 Å². The monoisotopic (exact) mass is 382 g/mol. The van der Waals surface area contributed by atoms with Crippen LogP contribution in [0.15, 0.2) is 27.6 Å². The first kappa shape index (κ1) is 14.4. The summed E-state index contributed by atoms with van der Waals surface area (Å²) in [5, 5.41) is 2.16. The van der Waals surface area contributed by atoms with E-state index in [0.717, 1.165) is 21.1 Å². The average molecular weight is 383 g/mol. The van der Waals surface area contributed by atoms with Gasteiger partial charge >= 0.3 is 0 Å².